The molecule has 5 heteroatoms. The summed E-state index contributed by atoms with van der Waals surface area (Å²) in [4.78, 5) is 0. The van der Waals surface area contributed by atoms with Crippen LogP contribution < -0.4 is 5.32 Å². The van der Waals surface area contributed by atoms with Crippen molar-refractivity contribution in [1.29, 1.82) is 0 Å². The summed E-state index contributed by atoms with van der Waals surface area (Å²) >= 11 is 0. The summed E-state index contributed by atoms with van der Waals surface area (Å²) in [6.07, 6.45) is 2.41. The van der Waals surface area contributed by atoms with Crippen molar-refractivity contribution in [2.75, 3.05) is 11.5 Å². The van der Waals surface area contributed by atoms with E-state index in [-0.39, 0.29) is 23.6 Å². The molecule has 4 nitrogen and oxygen atoms in total. The zero-order valence-corrected chi connectivity index (χ0v) is 12.0. The van der Waals surface area contributed by atoms with Gasteiger partial charge in [0.2, 0.25) is 0 Å². The maximum atomic E-state index is 11.6. The first-order valence-electron chi connectivity index (χ1n) is 6.76. The number of sulfone groups is 1. The van der Waals surface area contributed by atoms with Gasteiger partial charge in [-0.15, -0.1) is 0 Å². The van der Waals surface area contributed by atoms with Gasteiger partial charge in [0.1, 0.15) is 5.75 Å². The number of phenolic OH excluding ortho intramolecular Hbond substituents is 1. The van der Waals surface area contributed by atoms with E-state index in [2.05, 4.69) is 5.32 Å². The highest BCUT2D eigenvalue weighted by Crippen LogP contribution is 2.27. The normalized spacial score (nSPS) is 23.9. The van der Waals surface area contributed by atoms with Crippen LogP contribution in [0.3, 0.4) is 0 Å². The molecular formula is C14H21NO3S. The molecule has 1 aromatic carbocycles. The smallest absolute Gasteiger partial charge is 0.151 e. The van der Waals surface area contributed by atoms with Crippen LogP contribution in [0.1, 0.15) is 37.8 Å². The van der Waals surface area contributed by atoms with Crippen molar-refractivity contribution >= 4 is 9.84 Å². The molecule has 1 fully saturated rings. The van der Waals surface area contributed by atoms with E-state index in [1.807, 2.05) is 19.1 Å². The average Bonchev–Trinajstić information content (AvgIpc) is 2.36. The molecule has 0 amide bonds. The summed E-state index contributed by atoms with van der Waals surface area (Å²) in [6.45, 7) is 2.03. The third kappa shape index (κ3) is 3.70. The summed E-state index contributed by atoms with van der Waals surface area (Å²) in [7, 11) is -2.90. The Balaban J connectivity index is 2.10. The number of phenols is 1. The van der Waals surface area contributed by atoms with Gasteiger partial charge in [-0.2, -0.15) is 0 Å². The summed E-state index contributed by atoms with van der Waals surface area (Å²) < 4.78 is 23.3. The fourth-order valence-electron chi connectivity index (χ4n) is 2.65. The lowest BCUT2D eigenvalue weighted by molar-refractivity contribution is 0.396. The van der Waals surface area contributed by atoms with E-state index >= 15 is 0 Å². The maximum Gasteiger partial charge on any atom is 0.151 e. The van der Waals surface area contributed by atoms with Gasteiger partial charge in [-0.3, -0.25) is 0 Å². The van der Waals surface area contributed by atoms with Gasteiger partial charge in [0.25, 0.3) is 0 Å². The molecule has 0 aromatic heterocycles. The first-order chi connectivity index (χ1) is 9.02. The molecule has 0 bridgehead atoms. The third-order valence-electron chi connectivity index (χ3n) is 3.62. The van der Waals surface area contributed by atoms with Gasteiger partial charge in [-0.1, -0.05) is 25.1 Å². The molecule has 1 aliphatic heterocycles. The fourth-order valence-corrected chi connectivity index (χ4v) is 4.30. The van der Waals surface area contributed by atoms with Crippen LogP contribution in [0.15, 0.2) is 24.3 Å². The van der Waals surface area contributed by atoms with Gasteiger partial charge in [0.15, 0.2) is 9.84 Å². The fraction of sp³-hybridized carbons (Fsp3) is 0.571. The number of benzene rings is 1. The lowest BCUT2D eigenvalue weighted by atomic mass is 10.0. The topological polar surface area (TPSA) is 66.4 Å². The molecule has 0 spiro atoms. The molecule has 1 heterocycles. The van der Waals surface area contributed by atoms with E-state index in [9.17, 15) is 13.5 Å². The minimum atomic E-state index is -2.90. The molecule has 19 heavy (non-hydrogen) atoms. The van der Waals surface area contributed by atoms with Crippen molar-refractivity contribution in [3.05, 3.63) is 29.8 Å². The van der Waals surface area contributed by atoms with Gasteiger partial charge in [0, 0.05) is 17.6 Å². The lowest BCUT2D eigenvalue weighted by Crippen LogP contribution is -2.41. The summed E-state index contributed by atoms with van der Waals surface area (Å²) in [5.74, 6) is 0.774. The van der Waals surface area contributed by atoms with E-state index in [1.54, 1.807) is 12.1 Å². The maximum absolute atomic E-state index is 11.6. The highest BCUT2D eigenvalue weighted by Gasteiger charge is 2.27. The van der Waals surface area contributed by atoms with Crippen LogP contribution in [0.5, 0.6) is 5.75 Å². The molecule has 0 radical (unpaired) electrons. The van der Waals surface area contributed by atoms with Crippen molar-refractivity contribution < 1.29 is 13.5 Å². The first-order valence-corrected chi connectivity index (χ1v) is 8.58. The Kier molecular flexibility index (Phi) is 4.47. The van der Waals surface area contributed by atoms with Crippen LogP contribution in [-0.4, -0.2) is 31.1 Å². The minimum absolute atomic E-state index is 0.000463. The average molecular weight is 283 g/mol. The van der Waals surface area contributed by atoms with Crippen molar-refractivity contribution in [3.63, 3.8) is 0 Å². The monoisotopic (exact) mass is 283 g/mol. The van der Waals surface area contributed by atoms with Crippen molar-refractivity contribution in [1.82, 2.24) is 5.32 Å². The highest BCUT2D eigenvalue weighted by atomic mass is 32.2. The molecular weight excluding hydrogens is 262 g/mol. The molecule has 0 aliphatic carbocycles. The number of hydrogen-bond donors (Lipinski definition) is 2. The number of rotatable bonds is 4. The number of aromatic hydroxyl groups is 1. The van der Waals surface area contributed by atoms with E-state index in [0.29, 0.717) is 5.75 Å². The predicted molar refractivity (Wildman–Crippen MR) is 76.0 cm³/mol. The Morgan fingerprint density at radius 2 is 2.16 bits per heavy atom. The molecule has 1 aliphatic rings. The largest absolute Gasteiger partial charge is 0.508 e. The molecule has 2 unspecified atom stereocenters. The molecule has 1 saturated heterocycles. The molecule has 2 rings (SSSR count). The van der Waals surface area contributed by atoms with E-state index in [0.717, 1.165) is 24.8 Å². The summed E-state index contributed by atoms with van der Waals surface area (Å²) in [5.41, 5.74) is 0.841. The van der Waals surface area contributed by atoms with Gasteiger partial charge in [-0.25, -0.2) is 8.42 Å². The molecule has 0 saturated carbocycles. The van der Waals surface area contributed by atoms with E-state index < -0.39 is 9.84 Å². The quantitative estimate of drug-likeness (QED) is 0.887. The van der Waals surface area contributed by atoms with Crippen LogP contribution in [0.2, 0.25) is 0 Å². The zero-order valence-electron chi connectivity index (χ0n) is 11.2. The zero-order chi connectivity index (χ0) is 13.9. The van der Waals surface area contributed by atoms with Gasteiger partial charge in [-0.05, 0) is 25.3 Å². The standard InChI is InChI=1S/C14H21NO3S/c1-2-13(12-7-3-4-8-14(12)16)15-11-6-5-9-19(17,18)10-11/h3-4,7-8,11,13,15-16H,2,5-6,9-10H2,1H3. The SMILES string of the molecule is CCC(NC1CCCS(=O)(=O)C1)c1ccccc1O. The van der Waals surface area contributed by atoms with Crippen LogP contribution in [0.25, 0.3) is 0 Å². The number of nitrogens with one attached hydrogen (secondary N) is 1. The van der Waals surface area contributed by atoms with Crippen molar-refractivity contribution in [2.24, 2.45) is 0 Å². The van der Waals surface area contributed by atoms with Gasteiger partial charge >= 0.3 is 0 Å². The Bertz CT molecular complexity index is 527. The van der Waals surface area contributed by atoms with E-state index in [4.69, 9.17) is 0 Å². The van der Waals surface area contributed by atoms with Gasteiger partial charge in [0.05, 0.1) is 11.5 Å². The Morgan fingerprint density at radius 3 is 2.79 bits per heavy atom. The van der Waals surface area contributed by atoms with Crippen LogP contribution in [0, 0.1) is 0 Å². The van der Waals surface area contributed by atoms with E-state index in [1.165, 1.54) is 0 Å². The highest BCUT2D eigenvalue weighted by molar-refractivity contribution is 7.91. The Hall–Kier alpha value is -1.07. The molecule has 1 aromatic rings. The second-order valence-electron chi connectivity index (χ2n) is 5.14. The second-order valence-corrected chi connectivity index (χ2v) is 7.37. The van der Waals surface area contributed by atoms with Crippen molar-refractivity contribution in [3.8, 4) is 5.75 Å². The predicted octanol–water partition coefficient (Wildman–Crippen LogP) is 2.01. The van der Waals surface area contributed by atoms with Crippen LogP contribution in [0.4, 0.5) is 0 Å². The number of hydrogen-bond acceptors (Lipinski definition) is 4. The van der Waals surface area contributed by atoms with Gasteiger partial charge < -0.3 is 10.4 Å². The van der Waals surface area contributed by atoms with Crippen LogP contribution >= 0.6 is 0 Å². The molecule has 106 valence electrons. The minimum Gasteiger partial charge on any atom is -0.508 e. The lowest BCUT2D eigenvalue weighted by Gasteiger charge is -2.28. The molecule has 2 atom stereocenters. The second kappa shape index (κ2) is 5.92. The van der Waals surface area contributed by atoms with Crippen LogP contribution in [-0.2, 0) is 9.84 Å². The number of para-hydroxylation sites is 1. The molecule has 2 N–H and O–H groups in total. The Labute approximate surface area is 114 Å². The van der Waals surface area contributed by atoms with Crippen molar-refractivity contribution in [2.45, 2.75) is 38.3 Å². The summed E-state index contributed by atoms with van der Waals surface area (Å²) in [5, 5.41) is 13.3. The first kappa shape index (κ1) is 14.3. The third-order valence-corrected chi connectivity index (χ3v) is 5.44. The Morgan fingerprint density at radius 1 is 1.42 bits per heavy atom. The summed E-state index contributed by atoms with van der Waals surface area (Å²) in [6, 6.07) is 7.21.